The molecule has 1 saturated heterocycles. The number of anilines is 2. The zero-order valence-electron chi connectivity index (χ0n) is 19.1. The normalized spacial score (nSPS) is 21.5. The molecule has 0 spiro atoms. The lowest BCUT2D eigenvalue weighted by Crippen LogP contribution is -2.40. The summed E-state index contributed by atoms with van der Waals surface area (Å²) in [7, 11) is -3.80. The highest BCUT2D eigenvalue weighted by molar-refractivity contribution is 8.00. The topological polar surface area (TPSA) is 53.0 Å². The number of benzene rings is 2. The van der Waals surface area contributed by atoms with Crippen molar-refractivity contribution in [2.24, 2.45) is 0 Å². The third-order valence-electron chi connectivity index (χ3n) is 6.33. The molecule has 4 rings (SSSR count). The Labute approximate surface area is 200 Å². The van der Waals surface area contributed by atoms with Gasteiger partial charge < -0.3 is 9.79 Å². The van der Waals surface area contributed by atoms with Crippen LogP contribution >= 0.6 is 31.3 Å². The second kappa shape index (κ2) is 10.5. The monoisotopic (exact) mass is 492 g/mol. The van der Waals surface area contributed by atoms with Gasteiger partial charge in [0.05, 0.1) is 17.5 Å². The molecule has 174 valence electrons. The van der Waals surface area contributed by atoms with Crippen LogP contribution in [0.5, 0.6) is 0 Å². The van der Waals surface area contributed by atoms with Crippen molar-refractivity contribution in [2.75, 3.05) is 24.2 Å². The van der Waals surface area contributed by atoms with Gasteiger partial charge >= 0.3 is 7.75 Å². The molecule has 0 aliphatic carbocycles. The zero-order chi connectivity index (χ0) is 22.7. The van der Waals surface area contributed by atoms with Crippen molar-refractivity contribution in [3.63, 3.8) is 0 Å². The van der Waals surface area contributed by atoms with Crippen molar-refractivity contribution in [3.05, 3.63) is 42.5 Å². The van der Waals surface area contributed by atoms with Gasteiger partial charge in [-0.25, -0.2) is 9.24 Å². The van der Waals surface area contributed by atoms with Crippen LogP contribution in [0.4, 0.5) is 11.4 Å². The predicted molar refractivity (Wildman–Crippen MR) is 135 cm³/mol. The van der Waals surface area contributed by atoms with Gasteiger partial charge in [-0.05, 0) is 69.2 Å². The Bertz CT molecular complexity index is 989. The molecule has 3 unspecified atom stereocenters. The number of para-hydroxylation sites is 1. The van der Waals surface area contributed by atoms with Crippen molar-refractivity contribution in [2.45, 2.75) is 72.8 Å². The third-order valence-corrected chi connectivity index (χ3v) is 10.00. The quantitative estimate of drug-likeness (QED) is 0.310. The summed E-state index contributed by atoms with van der Waals surface area (Å²) in [5.74, 6) is 0. The van der Waals surface area contributed by atoms with Crippen molar-refractivity contribution < 1.29 is 14.0 Å². The van der Waals surface area contributed by atoms with Crippen LogP contribution in [0.3, 0.4) is 0 Å². The third kappa shape index (κ3) is 5.24. The van der Waals surface area contributed by atoms with Crippen molar-refractivity contribution >= 4 is 42.6 Å². The van der Waals surface area contributed by atoms with Crippen LogP contribution in [-0.4, -0.2) is 41.1 Å². The molecule has 0 bridgehead atoms. The first-order valence-electron chi connectivity index (χ1n) is 11.4. The van der Waals surface area contributed by atoms with Gasteiger partial charge in [-0.2, -0.15) is 0 Å². The smallest absolute Gasteiger partial charge is 0.340 e. The molecule has 0 saturated carbocycles. The van der Waals surface area contributed by atoms with Crippen LogP contribution in [0.15, 0.2) is 57.2 Å². The molecule has 2 heterocycles. The van der Waals surface area contributed by atoms with Gasteiger partial charge in [0.25, 0.3) is 0 Å². The average Bonchev–Trinajstić information content (AvgIpc) is 2.81. The predicted octanol–water partition coefficient (Wildman–Crippen LogP) is 7.17. The maximum atomic E-state index is 13.1. The molecule has 0 aromatic heterocycles. The summed E-state index contributed by atoms with van der Waals surface area (Å²) in [6.45, 7) is 5.26. The number of piperidine rings is 1. The molecule has 8 heteroatoms. The van der Waals surface area contributed by atoms with E-state index >= 15 is 0 Å². The Kier molecular flexibility index (Phi) is 7.97. The number of thioether (sulfide) groups is 1. The van der Waals surface area contributed by atoms with Crippen LogP contribution in [0.25, 0.3) is 0 Å². The molecule has 2 aliphatic rings. The first-order chi connectivity index (χ1) is 15.4. The minimum atomic E-state index is -3.80. The first-order valence-corrected chi connectivity index (χ1v) is 15.0. The molecule has 2 aromatic carbocycles. The van der Waals surface area contributed by atoms with E-state index in [1.807, 2.05) is 25.6 Å². The van der Waals surface area contributed by atoms with Gasteiger partial charge in [0.15, 0.2) is 0 Å². The van der Waals surface area contributed by atoms with Crippen molar-refractivity contribution in [1.82, 2.24) is 4.67 Å². The van der Waals surface area contributed by atoms with Gasteiger partial charge in [-0.15, -0.1) is 11.8 Å². The van der Waals surface area contributed by atoms with Gasteiger partial charge in [0.2, 0.25) is 0 Å². The lowest BCUT2D eigenvalue weighted by Gasteiger charge is -2.40. The first kappa shape index (κ1) is 24.2. The molecular weight excluding hydrogens is 459 g/mol. The van der Waals surface area contributed by atoms with Crippen LogP contribution in [0, 0.1) is 0 Å². The summed E-state index contributed by atoms with van der Waals surface area (Å²) in [5, 5.41) is 0. The molecule has 0 amide bonds. The minimum Gasteiger partial charge on any atom is -0.340 e. The lowest BCUT2D eigenvalue weighted by molar-refractivity contribution is 0.117. The lowest BCUT2D eigenvalue weighted by atomic mass is 10.0. The fourth-order valence-electron chi connectivity index (χ4n) is 4.44. The second-order valence-corrected chi connectivity index (χ2v) is 12.1. The SMILES string of the molecule is CCC(C)OP(=O)(O)N1CCCCC1CCN1c2ccccc2Sc2ccc(SC)cc21. The van der Waals surface area contributed by atoms with E-state index in [0.29, 0.717) is 6.54 Å². The Morgan fingerprint density at radius 2 is 2.00 bits per heavy atom. The highest BCUT2D eigenvalue weighted by Gasteiger charge is 2.38. The van der Waals surface area contributed by atoms with Gasteiger partial charge in [0.1, 0.15) is 0 Å². The standard InChI is InChI=1S/C24H33N2O3PS2/c1-4-18(2)29-30(27,28)26-15-8-7-9-19(26)14-16-25-21-10-5-6-11-23(21)32-24-13-12-20(31-3)17-22(24)25/h5-6,10-13,17-19H,4,7-9,14-16H2,1-3H3,(H,27,28). The molecule has 5 nitrogen and oxygen atoms in total. The van der Waals surface area contributed by atoms with E-state index in [4.69, 9.17) is 4.52 Å². The molecule has 2 aromatic rings. The summed E-state index contributed by atoms with van der Waals surface area (Å²) in [6.07, 6.45) is 6.37. The second-order valence-electron chi connectivity index (χ2n) is 8.47. The van der Waals surface area contributed by atoms with Crippen LogP contribution in [-0.2, 0) is 9.09 Å². The Morgan fingerprint density at radius 1 is 1.22 bits per heavy atom. The minimum absolute atomic E-state index is 0.0394. The molecular formula is C24H33N2O3PS2. The largest absolute Gasteiger partial charge is 0.406 e. The molecule has 1 fully saturated rings. The summed E-state index contributed by atoms with van der Waals surface area (Å²) < 4.78 is 20.5. The van der Waals surface area contributed by atoms with Crippen LogP contribution in [0.1, 0.15) is 46.0 Å². The van der Waals surface area contributed by atoms with E-state index < -0.39 is 7.75 Å². The van der Waals surface area contributed by atoms with E-state index in [9.17, 15) is 9.46 Å². The van der Waals surface area contributed by atoms with Gasteiger partial charge in [-0.1, -0.05) is 37.2 Å². The molecule has 2 aliphatic heterocycles. The number of nitrogens with zero attached hydrogens (tertiary/aromatic N) is 2. The molecule has 1 N–H and O–H groups in total. The maximum absolute atomic E-state index is 13.1. The average molecular weight is 493 g/mol. The van der Waals surface area contributed by atoms with E-state index in [0.717, 1.165) is 38.6 Å². The van der Waals surface area contributed by atoms with Gasteiger partial charge in [0, 0.05) is 33.8 Å². The number of fused-ring (bicyclic) bond motifs is 2. The highest BCUT2D eigenvalue weighted by atomic mass is 32.2. The van der Waals surface area contributed by atoms with Gasteiger partial charge in [-0.3, -0.25) is 4.52 Å². The fourth-order valence-corrected chi connectivity index (χ4v) is 7.72. The Hall–Kier alpha value is -0.950. The summed E-state index contributed by atoms with van der Waals surface area (Å²) >= 11 is 3.57. The fraction of sp³-hybridized carbons (Fsp3) is 0.500. The van der Waals surface area contributed by atoms with E-state index in [-0.39, 0.29) is 12.1 Å². The van der Waals surface area contributed by atoms with E-state index in [1.54, 1.807) is 16.4 Å². The van der Waals surface area contributed by atoms with E-state index in [1.165, 1.54) is 26.1 Å². The van der Waals surface area contributed by atoms with Crippen LogP contribution < -0.4 is 4.90 Å². The zero-order valence-corrected chi connectivity index (χ0v) is 21.6. The maximum Gasteiger partial charge on any atom is 0.406 e. The van der Waals surface area contributed by atoms with E-state index in [2.05, 4.69) is 53.6 Å². The number of hydrogen-bond donors (Lipinski definition) is 1. The van der Waals surface area contributed by atoms with Crippen molar-refractivity contribution in [3.8, 4) is 0 Å². The molecule has 0 radical (unpaired) electrons. The highest BCUT2D eigenvalue weighted by Crippen LogP contribution is 2.53. The Balaban J connectivity index is 1.58. The summed E-state index contributed by atoms with van der Waals surface area (Å²) in [6, 6.07) is 15.2. The number of hydrogen-bond acceptors (Lipinski definition) is 5. The summed E-state index contributed by atoms with van der Waals surface area (Å²) in [4.78, 5) is 16.9. The van der Waals surface area contributed by atoms with Crippen LogP contribution in [0.2, 0.25) is 0 Å². The van der Waals surface area contributed by atoms with Crippen molar-refractivity contribution in [1.29, 1.82) is 0 Å². The summed E-state index contributed by atoms with van der Waals surface area (Å²) in [5.41, 5.74) is 2.44. The molecule has 3 atom stereocenters. The molecule has 32 heavy (non-hydrogen) atoms. The Morgan fingerprint density at radius 3 is 2.78 bits per heavy atom. The number of rotatable bonds is 8.